The molecule has 3 unspecified atom stereocenters. The van der Waals surface area contributed by atoms with Crippen molar-refractivity contribution in [1.29, 1.82) is 0 Å². The summed E-state index contributed by atoms with van der Waals surface area (Å²) in [5.74, 6) is -1.87. The molecule has 1 aliphatic rings. The molecule has 0 heterocycles. The zero-order chi connectivity index (χ0) is 20.9. The number of hydrogen-bond donors (Lipinski definition) is 0. The van der Waals surface area contributed by atoms with Crippen LogP contribution in [0.25, 0.3) is 0 Å². The molecule has 0 spiro atoms. The van der Waals surface area contributed by atoms with Crippen LogP contribution in [-0.4, -0.2) is 35.7 Å². The van der Waals surface area contributed by atoms with Gasteiger partial charge in [-0.25, -0.2) is 0 Å². The third-order valence-corrected chi connectivity index (χ3v) is 4.84. The number of allylic oxidation sites excluding steroid dienone is 1. The summed E-state index contributed by atoms with van der Waals surface area (Å²) in [7, 11) is 0. The van der Waals surface area contributed by atoms with Crippen molar-refractivity contribution >= 4 is 23.5 Å². The lowest BCUT2D eigenvalue weighted by molar-refractivity contribution is -0.156. The van der Waals surface area contributed by atoms with E-state index in [1.54, 1.807) is 6.08 Å². The van der Waals surface area contributed by atoms with Crippen LogP contribution in [0.3, 0.4) is 0 Å². The van der Waals surface area contributed by atoms with E-state index in [4.69, 9.17) is 9.47 Å². The van der Waals surface area contributed by atoms with Crippen LogP contribution in [0.1, 0.15) is 85.0 Å². The molecule has 6 nitrogen and oxygen atoms in total. The molecular weight excluding hydrogens is 360 g/mol. The first-order chi connectivity index (χ1) is 13.4. The maximum Gasteiger partial charge on any atom is 0.306 e. The van der Waals surface area contributed by atoms with Crippen LogP contribution >= 0.6 is 0 Å². The van der Waals surface area contributed by atoms with Crippen molar-refractivity contribution < 1.29 is 28.7 Å². The van der Waals surface area contributed by atoms with E-state index in [0.717, 1.165) is 44.9 Å². The number of rotatable bonds is 13. The van der Waals surface area contributed by atoms with Crippen molar-refractivity contribution in [3.63, 3.8) is 0 Å². The Morgan fingerprint density at radius 2 is 1.61 bits per heavy atom. The van der Waals surface area contributed by atoms with E-state index in [1.165, 1.54) is 13.0 Å². The molecule has 0 aromatic heterocycles. The first-order valence-electron chi connectivity index (χ1n) is 10.5. The molecule has 0 aromatic rings. The second-order valence-corrected chi connectivity index (χ2v) is 7.40. The monoisotopic (exact) mass is 394 g/mol. The number of hydrogen-bond acceptors (Lipinski definition) is 6. The first-order valence-corrected chi connectivity index (χ1v) is 10.5. The molecule has 1 fully saturated rings. The van der Waals surface area contributed by atoms with E-state index in [1.807, 2.05) is 0 Å². The van der Waals surface area contributed by atoms with Crippen LogP contribution in [0, 0.1) is 5.92 Å². The Kier molecular flexibility index (Phi) is 11.4. The molecule has 28 heavy (non-hydrogen) atoms. The lowest BCUT2D eigenvalue weighted by Crippen LogP contribution is -2.31. The quantitative estimate of drug-likeness (QED) is 0.266. The SMILES string of the molecule is CCCCCCC(=O)OC1C(=O)CC(OC(C)=O)C1C=CC(=O)CCCCC. The Morgan fingerprint density at radius 1 is 0.964 bits per heavy atom. The normalized spacial score (nSPS) is 21.8. The summed E-state index contributed by atoms with van der Waals surface area (Å²) in [5.41, 5.74) is 0. The Morgan fingerprint density at radius 3 is 2.25 bits per heavy atom. The molecule has 0 N–H and O–H groups in total. The maximum absolute atomic E-state index is 12.4. The van der Waals surface area contributed by atoms with Gasteiger partial charge in [-0.15, -0.1) is 0 Å². The van der Waals surface area contributed by atoms with Gasteiger partial charge in [0.2, 0.25) is 0 Å². The molecule has 0 amide bonds. The minimum Gasteiger partial charge on any atom is -0.461 e. The van der Waals surface area contributed by atoms with Crippen molar-refractivity contribution in [2.45, 2.75) is 97.2 Å². The molecule has 158 valence electrons. The predicted molar refractivity (Wildman–Crippen MR) is 106 cm³/mol. The van der Waals surface area contributed by atoms with Crippen molar-refractivity contribution in [3.8, 4) is 0 Å². The van der Waals surface area contributed by atoms with Gasteiger partial charge in [0.25, 0.3) is 0 Å². The molecule has 3 atom stereocenters. The van der Waals surface area contributed by atoms with Crippen LogP contribution in [0.15, 0.2) is 12.2 Å². The number of unbranched alkanes of at least 4 members (excludes halogenated alkanes) is 5. The van der Waals surface area contributed by atoms with Gasteiger partial charge in [-0.2, -0.15) is 0 Å². The molecular formula is C22H34O6. The summed E-state index contributed by atoms with van der Waals surface area (Å²) in [6.07, 6.45) is 8.58. The lowest BCUT2D eigenvalue weighted by Gasteiger charge is -2.20. The van der Waals surface area contributed by atoms with Gasteiger partial charge in [-0.1, -0.05) is 52.0 Å². The number of ketones is 2. The van der Waals surface area contributed by atoms with Gasteiger partial charge < -0.3 is 9.47 Å². The number of carbonyl (C=O) groups excluding carboxylic acids is 4. The van der Waals surface area contributed by atoms with Gasteiger partial charge in [0, 0.05) is 26.2 Å². The number of ether oxygens (including phenoxy) is 2. The predicted octanol–water partition coefficient (Wildman–Crippen LogP) is 4.09. The summed E-state index contributed by atoms with van der Waals surface area (Å²) >= 11 is 0. The molecule has 1 rings (SSSR count). The van der Waals surface area contributed by atoms with Crippen molar-refractivity contribution in [2.75, 3.05) is 0 Å². The third-order valence-electron chi connectivity index (χ3n) is 4.84. The largest absolute Gasteiger partial charge is 0.461 e. The van der Waals surface area contributed by atoms with E-state index in [-0.39, 0.29) is 24.4 Å². The van der Waals surface area contributed by atoms with E-state index in [9.17, 15) is 19.2 Å². The summed E-state index contributed by atoms with van der Waals surface area (Å²) in [4.78, 5) is 47.9. The molecule has 0 aromatic carbocycles. The first kappa shape index (κ1) is 24.1. The average Bonchev–Trinajstić information content (AvgIpc) is 2.91. The fourth-order valence-electron chi connectivity index (χ4n) is 3.31. The van der Waals surface area contributed by atoms with Crippen LogP contribution < -0.4 is 0 Å². The summed E-state index contributed by atoms with van der Waals surface area (Å²) in [5, 5.41) is 0. The summed E-state index contributed by atoms with van der Waals surface area (Å²) in [6, 6.07) is 0. The highest BCUT2D eigenvalue weighted by Crippen LogP contribution is 2.30. The van der Waals surface area contributed by atoms with Crippen LogP contribution in [0.4, 0.5) is 0 Å². The molecule has 0 saturated heterocycles. The summed E-state index contributed by atoms with van der Waals surface area (Å²) in [6.45, 7) is 5.43. The molecule has 1 aliphatic carbocycles. The fourth-order valence-corrected chi connectivity index (χ4v) is 3.31. The number of Topliss-reactive ketones (excluding diaryl/α,β-unsaturated/α-hetero) is 1. The minimum absolute atomic E-state index is 0.00755. The molecule has 6 heteroatoms. The third kappa shape index (κ3) is 8.81. The van der Waals surface area contributed by atoms with E-state index >= 15 is 0 Å². The highest BCUT2D eigenvalue weighted by atomic mass is 16.6. The van der Waals surface area contributed by atoms with Crippen molar-refractivity contribution in [1.82, 2.24) is 0 Å². The maximum atomic E-state index is 12.4. The molecule has 1 saturated carbocycles. The standard InChI is InChI=1S/C22H34O6/c1-4-6-8-10-12-21(26)28-22-18(14-13-17(24)11-9-7-5-2)20(15-19(22)25)27-16(3)23/h13-14,18,20,22H,4-12,15H2,1-3H3. The van der Waals surface area contributed by atoms with Crippen LogP contribution in [-0.2, 0) is 28.7 Å². The Hall–Kier alpha value is -1.98. The second kappa shape index (κ2) is 13.2. The van der Waals surface area contributed by atoms with E-state index < -0.39 is 30.1 Å². The van der Waals surface area contributed by atoms with Gasteiger partial charge >= 0.3 is 11.9 Å². The molecule has 0 aliphatic heterocycles. The van der Waals surface area contributed by atoms with Crippen molar-refractivity contribution in [3.05, 3.63) is 12.2 Å². The topological polar surface area (TPSA) is 86.7 Å². The number of carbonyl (C=O) groups is 4. The smallest absolute Gasteiger partial charge is 0.306 e. The number of esters is 2. The van der Waals surface area contributed by atoms with Crippen LogP contribution in [0.2, 0.25) is 0 Å². The van der Waals surface area contributed by atoms with E-state index in [0.29, 0.717) is 6.42 Å². The van der Waals surface area contributed by atoms with Gasteiger partial charge in [0.15, 0.2) is 17.7 Å². The highest BCUT2D eigenvalue weighted by molar-refractivity contribution is 5.91. The second-order valence-electron chi connectivity index (χ2n) is 7.40. The van der Waals surface area contributed by atoms with Gasteiger partial charge in [-0.05, 0) is 18.9 Å². The lowest BCUT2D eigenvalue weighted by atomic mass is 10.0. The Bertz CT molecular complexity index is 565. The zero-order valence-corrected chi connectivity index (χ0v) is 17.4. The van der Waals surface area contributed by atoms with Crippen molar-refractivity contribution in [2.24, 2.45) is 5.92 Å². The van der Waals surface area contributed by atoms with Crippen LogP contribution in [0.5, 0.6) is 0 Å². The molecule has 0 radical (unpaired) electrons. The zero-order valence-electron chi connectivity index (χ0n) is 17.4. The van der Waals surface area contributed by atoms with Gasteiger partial charge in [-0.3, -0.25) is 19.2 Å². The van der Waals surface area contributed by atoms with Gasteiger partial charge in [0.05, 0.1) is 5.92 Å². The average molecular weight is 395 g/mol. The highest BCUT2D eigenvalue weighted by Gasteiger charge is 2.45. The van der Waals surface area contributed by atoms with Gasteiger partial charge in [0.1, 0.15) is 6.10 Å². The summed E-state index contributed by atoms with van der Waals surface area (Å²) < 4.78 is 10.7. The minimum atomic E-state index is -0.997. The Balaban J connectivity index is 2.74. The Labute approximate surface area is 168 Å². The molecule has 0 bridgehead atoms. The fraction of sp³-hybridized carbons (Fsp3) is 0.727. The van der Waals surface area contributed by atoms with E-state index in [2.05, 4.69) is 13.8 Å².